The summed E-state index contributed by atoms with van der Waals surface area (Å²) < 4.78 is 6.44. The minimum atomic E-state index is -0.539. The first-order chi connectivity index (χ1) is 8.56. The van der Waals surface area contributed by atoms with Crippen LogP contribution < -0.4 is 4.74 Å². The van der Waals surface area contributed by atoms with Crippen LogP contribution >= 0.6 is 27.5 Å². The Morgan fingerprint density at radius 1 is 1.33 bits per heavy atom. The van der Waals surface area contributed by atoms with Crippen molar-refractivity contribution in [3.05, 3.63) is 51.6 Å². The van der Waals surface area contributed by atoms with Crippen molar-refractivity contribution in [1.29, 1.82) is 0 Å². The molecule has 0 aliphatic heterocycles. The summed E-state index contributed by atoms with van der Waals surface area (Å²) in [5.41, 5.74) is 0.740. The molecule has 0 radical (unpaired) electrons. The van der Waals surface area contributed by atoms with E-state index in [1.165, 1.54) is 0 Å². The van der Waals surface area contributed by atoms with Crippen LogP contribution in [0.4, 0.5) is 0 Å². The zero-order chi connectivity index (χ0) is 13.1. The van der Waals surface area contributed by atoms with Crippen LogP contribution in [0.1, 0.15) is 18.6 Å². The predicted molar refractivity (Wildman–Crippen MR) is 74.1 cm³/mol. The standard InChI is InChI=1S/C13H11BrClNO2/c1-8(17)9-2-5-13(16-7-9)18-12-4-3-10(14)6-11(12)15/h2-8,17H,1H3. The zero-order valence-corrected chi connectivity index (χ0v) is 11.9. The third-order valence-electron chi connectivity index (χ3n) is 2.35. The average Bonchev–Trinajstić information content (AvgIpc) is 2.33. The van der Waals surface area contributed by atoms with Crippen molar-refractivity contribution >= 4 is 27.5 Å². The number of benzene rings is 1. The van der Waals surface area contributed by atoms with Crippen LogP contribution in [0.15, 0.2) is 41.0 Å². The molecule has 1 aromatic heterocycles. The second-order valence-corrected chi connectivity index (χ2v) is 5.11. The molecular formula is C13H11BrClNO2. The molecule has 0 spiro atoms. The van der Waals surface area contributed by atoms with Gasteiger partial charge in [-0.2, -0.15) is 0 Å². The summed E-state index contributed by atoms with van der Waals surface area (Å²) in [6.07, 6.45) is 1.04. The lowest BCUT2D eigenvalue weighted by Crippen LogP contribution is -1.94. The van der Waals surface area contributed by atoms with Crippen molar-refractivity contribution in [2.75, 3.05) is 0 Å². The lowest BCUT2D eigenvalue weighted by Gasteiger charge is -2.08. The summed E-state index contributed by atoms with van der Waals surface area (Å²) in [7, 11) is 0. The van der Waals surface area contributed by atoms with Gasteiger partial charge < -0.3 is 9.84 Å². The third kappa shape index (κ3) is 3.22. The van der Waals surface area contributed by atoms with Crippen LogP contribution in [0.2, 0.25) is 5.02 Å². The van der Waals surface area contributed by atoms with E-state index >= 15 is 0 Å². The van der Waals surface area contributed by atoms with E-state index in [4.69, 9.17) is 16.3 Å². The molecule has 0 aliphatic carbocycles. The quantitative estimate of drug-likeness (QED) is 0.911. The first kappa shape index (κ1) is 13.3. The Balaban J connectivity index is 2.18. The van der Waals surface area contributed by atoms with Crippen LogP contribution in [0.25, 0.3) is 0 Å². The van der Waals surface area contributed by atoms with Crippen molar-refractivity contribution in [1.82, 2.24) is 4.98 Å². The van der Waals surface area contributed by atoms with Crippen molar-refractivity contribution in [2.24, 2.45) is 0 Å². The van der Waals surface area contributed by atoms with Crippen molar-refractivity contribution in [3.63, 3.8) is 0 Å². The van der Waals surface area contributed by atoms with E-state index in [1.54, 1.807) is 37.4 Å². The number of aliphatic hydroxyl groups excluding tert-OH is 1. The molecule has 0 amide bonds. The molecule has 0 fully saturated rings. The monoisotopic (exact) mass is 327 g/mol. The number of hydrogen-bond acceptors (Lipinski definition) is 3. The number of nitrogens with zero attached hydrogens (tertiary/aromatic N) is 1. The highest BCUT2D eigenvalue weighted by atomic mass is 79.9. The van der Waals surface area contributed by atoms with Gasteiger partial charge in [-0.1, -0.05) is 27.5 Å². The molecule has 0 bridgehead atoms. The number of pyridine rings is 1. The molecule has 0 saturated carbocycles. The topological polar surface area (TPSA) is 42.4 Å². The molecule has 5 heteroatoms. The van der Waals surface area contributed by atoms with Crippen LogP contribution in [-0.4, -0.2) is 10.1 Å². The fourth-order valence-corrected chi connectivity index (χ4v) is 2.08. The summed E-state index contributed by atoms with van der Waals surface area (Å²) in [6.45, 7) is 1.68. The number of rotatable bonds is 3. The van der Waals surface area contributed by atoms with Crippen LogP contribution in [-0.2, 0) is 0 Å². The normalized spacial score (nSPS) is 12.2. The Morgan fingerprint density at radius 3 is 2.67 bits per heavy atom. The van der Waals surface area contributed by atoms with Gasteiger partial charge in [0.2, 0.25) is 5.88 Å². The van der Waals surface area contributed by atoms with E-state index in [-0.39, 0.29) is 0 Å². The highest BCUT2D eigenvalue weighted by Crippen LogP contribution is 2.31. The molecule has 3 nitrogen and oxygen atoms in total. The lowest BCUT2D eigenvalue weighted by atomic mass is 10.2. The van der Waals surface area contributed by atoms with Crippen molar-refractivity contribution in [2.45, 2.75) is 13.0 Å². The fourth-order valence-electron chi connectivity index (χ4n) is 1.37. The van der Waals surface area contributed by atoms with Gasteiger partial charge in [0.1, 0.15) is 5.75 Å². The molecule has 1 N–H and O–H groups in total. The second-order valence-electron chi connectivity index (χ2n) is 3.78. The molecule has 2 aromatic rings. The first-order valence-electron chi connectivity index (χ1n) is 5.33. The van der Waals surface area contributed by atoms with Gasteiger partial charge in [0, 0.05) is 16.7 Å². The number of aliphatic hydroxyl groups is 1. The number of aromatic nitrogens is 1. The summed E-state index contributed by atoms with van der Waals surface area (Å²) in [5, 5.41) is 9.88. The first-order valence-corrected chi connectivity index (χ1v) is 6.50. The average molecular weight is 329 g/mol. The second kappa shape index (κ2) is 5.69. The number of halogens is 2. The number of hydrogen-bond donors (Lipinski definition) is 1. The SMILES string of the molecule is CC(O)c1ccc(Oc2ccc(Br)cc2Cl)nc1. The summed E-state index contributed by atoms with van der Waals surface area (Å²) in [4.78, 5) is 4.11. The Bertz CT molecular complexity index is 543. The van der Waals surface area contributed by atoms with Gasteiger partial charge in [-0.25, -0.2) is 4.98 Å². The zero-order valence-electron chi connectivity index (χ0n) is 9.60. The Hall–Kier alpha value is -1.10. The molecule has 2 rings (SSSR count). The van der Waals surface area contributed by atoms with Gasteiger partial charge in [-0.05, 0) is 36.8 Å². The van der Waals surface area contributed by atoms with E-state index in [0.717, 1.165) is 10.0 Å². The van der Waals surface area contributed by atoms with Crippen LogP contribution in [0, 0.1) is 0 Å². The molecule has 0 aliphatic rings. The molecule has 1 atom stereocenters. The maximum Gasteiger partial charge on any atom is 0.219 e. The van der Waals surface area contributed by atoms with Crippen LogP contribution in [0.5, 0.6) is 11.6 Å². The Morgan fingerprint density at radius 2 is 2.11 bits per heavy atom. The maximum absolute atomic E-state index is 9.37. The molecule has 18 heavy (non-hydrogen) atoms. The molecular weight excluding hydrogens is 318 g/mol. The minimum absolute atomic E-state index is 0.434. The smallest absolute Gasteiger partial charge is 0.219 e. The highest BCUT2D eigenvalue weighted by Gasteiger charge is 2.06. The predicted octanol–water partition coefficient (Wildman–Crippen LogP) is 4.34. The number of ether oxygens (including phenoxy) is 1. The van der Waals surface area contributed by atoms with E-state index < -0.39 is 6.10 Å². The molecule has 1 unspecified atom stereocenters. The lowest BCUT2D eigenvalue weighted by molar-refractivity contribution is 0.198. The molecule has 1 heterocycles. The maximum atomic E-state index is 9.37. The van der Waals surface area contributed by atoms with Gasteiger partial charge in [-0.15, -0.1) is 0 Å². The largest absolute Gasteiger partial charge is 0.437 e. The van der Waals surface area contributed by atoms with Gasteiger partial charge in [0.05, 0.1) is 11.1 Å². The van der Waals surface area contributed by atoms with E-state index in [1.807, 2.05) is 6.07 Å². The molecule has 0 saturated heterocycles. The summed E-state index contributed by atoms with van der Waals surface area (Å²) >= 11 is 9.36. The van der Waals surface area contributed by atoms with Crippen molar-refractivity contribution in [3.8, 4) is 11.6 Å². The van der Waals surface area contributed by atoms with Gasteiger partial charge in [-0.3, -0.25) is 0 Å². The summed E-state index contributed by atoms with van der Waals surface area (Å²) in [5.74, 6) is 0.973. The Labute approximate surface area is 119 Å². The third-order valence-corrected chi connectivity index (χ3v) is 3.14. The fraction of sp³-hybridized carbons (Fsp3) is 0.154. The van der Waals surface area contributed by atoms with Crippen molar-refractivity contribution < 1.29 is 9.84 Å². The molecule has 1 aromatic carbocycles. The highest BCUT2D eigenvalue weighted by molar-refractivity contribution is 9.10. The minimum Gasteiger partial charge on any atom is -0.437 e. The van der Waals surface area contributed by atoms with Gasteiger partial charge in [0.15, 0.2) is 0 Å². The molecule has 94 valence electrons. The van der Waals surface area contributed by atoms with Gasteiger partial charge >= 0.3 is 0 Å². The van der Waals surface area contributed by atoms with E-state index in [0.29, 0.717) is 16.7 Å². The van der Waals surface area contributed by atoms with E-state index in [2.05, 4.69) is 20.9 Å². The van der Waals surface area contributed by atoms with E-state index in [9.17, 15) is 5.11 Å². The van der Waals surface area contributed by atoms with Crippen LogP contribution in [0.3, 0.4) is 0 Å². The van der Waals surface area contributed by atoms with Gasteiger partial charge in [0.25, 0.3) is 0 Å². The Kier molecular flexibility index (Phi) is 4.22. The summed E-state index contributed by atoms with van der Waals surface area (Å²) in [6, 6.07) is 8.81.